The Morgan fingerprint density at radius 3 is 2.69 bits per heavy atom. The number of piperidine rings is 1. The molecule has 0 spiro atoms. The summed E-state index contributed by atoms with van der Waals surface area (Å²) in [5, 5.41) is 22.2. The Morgan fingerprint density at radius 2 is 1.91 bits per heavy atom. The fourth-order valence-electron chi connectivity index (χ4n) is 7.46. The highest BCUT2D eigenvalue weighted by atomic mass is 16.5. The smallest absolute Gasteiger partial charge is 0.318 e. The third-order valence-electron chi connectivity index (χ3n) is 10.1. The first-order valence-corrected chi connectivity index (χ1v) is 16.3. The molecule has 10 heteroatoms. The molecule has 2 aromatic carbocycles. The molecule has 0 bridgehead atoms. The highest BCUT2D eigenvalue weighted by molar-refractivity contribution is 5.95. The largest absolute Gasteiger partial charge is 0.508 e. The number of hydrogen-bond donors (Lipinski definition) is 1. The average molecular weight is 608 g/mol. The highest BCUT2D eigenvalue weighted by Gasteiger charge is 2.49. The van der Waals surface area contributed by atoms with E-state index in [1.807, 2.05) is 24.3 Å². The molecule has 1 atom stereocenters. The number of phenols is 1. The molecule has 1 saturated carbocycles. The second kappa shape index (κ2) is 12.2. The van der Waals surface area contributed by atoms with Gasteiger partial charge in [0.15, 0.2) is 0 Å². The lowest BCUT2D eigenvalue weighted by Crippen LogP contribution is -2.55. The SMILES string of the molecule is C=CC(=O)N1CCN(c2nc(OCC3(N4CCCCC4)CC3)nc3c2CCN(c2cc(O)cc4ccccc24)C3)C[C@@H]1CC#N. The van der Waals surface area contributed by atoms with Crippen molar-refractivity contribution < 1.29 is 14.6 Å². The van der Waals surface area contributed by atoms with Crippen molar-refractivity contribution >= 4 is 28.2 Å². The number of anilines is 2. The molecule has 3 aliphatic heterocycles. The minimum atomic E-state index is -0.253. The molecule has 1 aromatic heterocycles. The van der Waals surface area contributed by atoms with E-state index in [2.05, 4.69) is 33.4 Å². The van der Waals surface area contributed by atoms with E-state index in [1.165, 1.54) is 25.3 Å². The fourth-order valence-corrected chi connectivity index (χ4v) is 7.46. The molecule has 1 amide bonds. The highest BCUT2D eigenvalue weighted by Crippen LogP contribution is 2.43. The van der Waals surface area contributed by atoms with Crippen molar-refractivity contribution in [2.75, 3.05) is 55.7 Å². The number of likely N-dealkylation sites (tertiary alicyclic amines) is 1. The quantitative estimate of drug-likeness (QED) is 0.373. The van der Waals surface area contributed by atoms with E-state index >= 15 is 0 Å². The molecule has 0 radical (unpaired) electrons. The molecule has 7 rings (SSSR count). The summed E-state index contributed by atoms with van der Waals surface area (Å²) in [5.41, 5.74) is 3.06. The monoisotopic (exact) mass is 607 g/mol. The maximum absolute atomic E-state index is 12.6. The molecular weight excluding hydrogens is 566 g/mol. The Labute approximate surface area is 264 Å². The Balaban J connectivity index is 1.21. The number of ether oxygens (including phenoxy) is 1. The van der Waals surface area contributed by atoms with Crippen molar-refractivity contribution in [2.24, 2.45) is 0 Å². The zero-order valence-corrected chi connectivity index (χ0v) is 25.8. The zero-order chi connectivity index (χ0) is 31.0. The van der Waals surface area contributed by atoms with Crippen LogP contribution in [-0.4, -0.2) is 88.2 Å². The van der Waals surface area contributed by atoms with E-state index in [1.54, 1.807) is 11.0 Å². The van der Waals surface area contributed by atoms with Gasteiger partial charge in [-0.05, 0) is 62.7 Å². The number of rotatable bonds is 8. The second-order valence-electron chi connectivity index (χ2n) is 12.9. The molecule has 4 heterocycles. The number of piperazine rings is 1. The van der Waals surface area contributed by atoms with Crippen LogP contribution in [0, 0.1) is 11.3 Å². The minimum absolute atomic E-state index is 0.0843. The van der Waals surface area contributed by atoms with Gasteiger partial charge in [0.2, 0.25) is 5.91 Å². The van der Waals surface area contributed by atoms with Crippen molar-refractivity contribution in [2.45, 2.75) is 63.1 Å². The minimum Gasteiger partial charge on any atom is -0.508 e. The Bertz CT molecular complexity index is 1640. The molecule has 4 aliphatic rings. The predicted molar refractivity (Wildman–Crippen MR) is 173 cm³/mol. The predicted octanol–water partition coefficient (Wildman–Crippen LogP) is 4.41. The normalized spacial score (nSPS) is 21.2. The molecule has 2 saturated heterocycles. The van der Waals surface area contributed by atoms with Crippen LogP contribution in [-0.2, 0) is 17.8 Å². The number of nitrogens with zero attached hydrogens (tertiary/aromatic N) is 7. The molecule has 3 aromatic rings. The van der Waals surface area contributed by atoms with Gasteiger partial charge in [-0.2, -0.15) is 15.2 Å². The van der Waals surface area contributed by atoms with E-state index in [-0.39, 0.29) is 29.7 Å². The molecule has 1 N–H and O–H groups in total. The molecule has 3 fully saturated rings. The van der Waals surface area contributed by atoms with Crippen LogP contribution < -0.4 is 14.5 Å². The number of phenolic OH excluding ortho intramolecular Hbond substituents is 1. The molecule has 0 unspecified atom stereocenters. The van der Waals surface area contributed by atoms with Crippen molar-refractivity contribution in [3.05, 3.63) is 60.3 Å². The lowest BCUT2D eigenvalue weighted by Gasteiger charge is -2.42. The first-order valence-electron chi connectivity index (χ1n) is 16.3. The summed E-state index contributed by atoms with van der Waals surface area (Å²) in [7, 11) is 0. The summed E-state index contributed by atoms with van der Waals surface area (Å²) in [6.45, 7) is 9.39. The molecule has 45 heavy (non-hydrogen) atoms. The van der Waals surface area contributed by atoms with Crippen LogP contribution in [0.4, 0.5) is 11.5 Å². The van der Waals surface area contributed by atoms with Gasteiger partial charge in [-0.25, -0.2) is 0 Å². The van der Waals surface area contributed by atoms with Gasteiger partial charge in [-0.3, -0.25) is 9.69 Å². The van der Waals surface area contributed by atoms with Crippen molar-refractivity contribution in [3.8, 4) is 17.8 Å². The van der Waals surface area contributed by atoms with Crippen LogP contribution in [0.25, 0.3) is 10.8 Å². The standard InChI is InChI=1S/C35H41N7O3/c1-2-32(44)42-19-18-40(22-26(42)10-14-36)33-29-11-17-39(31-21-27(43)20-25-8-4-5-9-28(25)31)23-30(29)37-34(38-33)45-24-35(12-13-35)41-15-6-3-7-16-41/h2,4-5,8-9,20-21,26,43H,1,3,6-7,10-13,15-19,22-24H2/t26-/m0/s1. The lowest BCUT2D eigenvalue weighted by atomic mass is 10.0. The first-order chi connectivity index (χ1) is 22.0. The molecule has 1 aliphatic carbocycles. The maximum atomic E-state index is 12.6. The summed E-state index contributed by atoms with van der Waals surface area (Å²) >= 11 is 0. The van der Waals surface area contributed by atoms with Gasteiger partial charge in [0.25, 0.3) is 0 Å². The van der Waals surface area contributed by atoms with E-state index in [4.69, 9.17) is 14.7 Å². The zero-order valence-electron chi connectivity index (χ0n) is 25.8. The van der Waals surface area contributed by atoms with Gasteiger partial charge in [0, 0.05) is 48.9 Å². The Kier molecular flexibility index (Phi) is 7.96. The van der Waals surface area contributed by atoms with E-state index in [0.717, 1.165) is 72.4 Å². The Hall–Kier alpha value is -4.36. The van der Waals surface area contributed by atoms with Gasteiger partial charge >= 0.3 is 6.01 Å². The molecule has 10 nitrogen and oxygen atoms in total. The van der Waals surface area contributed by atoms with Gasteiger partial charge < -0.3 is 24.5 Å². The molecule has 234 valence electrons. The van der Waals surface area contributed by atoms with Gasteiger partial charge in [-0.1, -0.05) is 37.3 Å². The van der Waals surface area contributed by atoms with Gasteiger partial charge in [-0.15, -0.1) is 0 Å². The number of carbonyl (C=O) groups is 1. The third kappa shape index (κ3) is 5.77. The van der Waals surface area contributed by atoms with Crippen molar-refractivity contribution in [1.82, 2.24) is 19.8 Å². The molecular formula is C35H41N7O3. The fraction of sp³-hybridized carbons (Fsp3) is 0.486. The number of aromatic hydroxyl groups is 1. The van der Waals surface area contributed by atoms with Crippen LogP contribution in [0.15, 0.2) is 49.1 Å². The number of amides is 1. The van der Waals surface area contributed by atoms with Crippen LogP contribution in [0.2, 0.25) is 0 Å². The van der Waals surface area contributed by atoms with E-state index in [9.17, 15) is 15.2 Å². The summed E-state index contributed by atoms with van der Waals surface area (Å²) < 4.78 is 6.49. The van der Waals surface area contributed by atoms with E-state index < -0.39 is 0 Å². The number of aromatic nitrogens is 2. The van der Waals surface area contributed by atoms with Gasteiger partial charge in [0.1, 0.15) is 18.2 Å². The Morgan fingerprint density at radius 1 is 1.09 bits per heavy atom. The number of nitriles is 1. The van der Waals surface area contributed by atoms with Gasteiger partial charge in [0.05, 0.1) is 36.3 Å². The topological polar surface area (TPSA) is 109 Å². The summed E-state index contributed by atoms with van der Waals surface area (Å²) in [5.74, 6) is 0.932. The number of fused-ring (bicyclic) bond motifs is 2. The van der Waals surface area contributed by atoms with Crippen molar-refractivity contribution in [3.63, 3.8) is 0 Å². The van der Waals surface area contributed by atoms with Crippen LogP contribution in [0.1, 0.15) is 49.8 Å². The lowest BCUT2D eigenvalue weighted by molar-refractivity contribution is -0.128. The van der Waals surface area contributed by atoms with E-state index in [0.29, 0.717) is 38.8 Å². The maximum Gasteiger partial charge on any atom is 0.318 e. The van der Waals surface area contributed by atoms with Crippen LogP contribution >= 0.6 is 0 Å². The van der Waals surface area contributed by atoms with Crippen molar-refractivity contribution in [1.29, 1.82) is 5.26 Å². The number of hydrogen-bond acceptors (Lipinski definition) is 9. The second-order valence-corrected chi connectivity index (χ2v) is 12.9. The first kappa shape index (κ1) is 29.4. The van der Waals surface area contributed by atoms with Crippen LogP contribution in [0.5, 0.6) is 11.8 Å². The average Bonchev–Trinajstić information content (AvgIpc) is 3.88. The summed E-state index contributed by atoms with van der Waals surface area (Å²) in [4.78, 5) is 31.5. The summed E-state index contributed by atoms with van der Waals surface area (Å²) in [6.07, 6.45) is 8.35. The third-order valence-corrected chi connectivity index (χ3v) is 10.1. The summed E-state index contributed by atoms with van der Waals surface area (Å²) in [6, 6.07) is 14.2. The number of carbonyl (C=O) groups excluding carboxylic acids is 1. The number of benzene rings is 2. The van der Waals surface area contributed by atoms with Crippen LogP contribution in [0.3, 0.4) is 0 Å².